The van der Waals surface area contributed by atoms with Crippen LogP contribution in [-0.4, -0.2) is 91.4 Å². The number of anilines is 2. The third-order valence-corrected chi connectivity index (χ3v) is 15.4. The zero-order valence-corrected chi connectivity index (χ0v) is 36.0. The van der Waals surface area contributed by atoms with Crippen LogP contribution in [0.4, 0.5) is 11.6 Å². The van der Waals surface area contributed by atoms with Gasteiger partial charge >= 0.3 is 5.97 Å². The number of hydrogen-bond acceptors (Lipinski definition) is 11. The van der Waals surface area contributed by atoms with Crippen LogP contribution < -0.4 is 9.64 Å². The number of fused-ring (bicyclic) bond motifs is 2. The summed E-state index contributed by atoms with van der Waals surface area (Å²) in [4.78, 5) is 27.2. The van der Waals surface area contributed by atoms with E-state index in [2.05, 4.69) is 37.3 Å². The second kappa shape index (κ2) is 14.3. The third kappa shape index (κ3) is 7.00. The number of carbonyl (C=O) groups is 1. The minimum absolute atomic E-state index is 0.0197. The SMILES string of the molecule is COc1ccc2sc(Cc3nnc4c(c3C)CCCN4c3ccc(-c4cnn(CC56CC7(C)CC(C)(C5)CC(OCCN5CCCC5)(C7)C6)c4C)c(C(=O)O)n3)nc2c1. The summed E-state index contributed by atoms with van der Waals surface area (Å²) in [5, 5.41) is 26.0. The monoisotopic (exact) mass is 816 g/mol. The largest absolute Gasteiger partial charge is 0.497 e. The van der Waals surface area contributed by atoms with Gasteiger partial charge in [0.1, 0.15) is 11.6 Å². The third-order valence-electron chi connectivity index (χ3n) is 14.3. The number of aromatic nitrogens is 6. The highest BCUT2D eigenvalue weighted by molar-refractivity contribution is 7.18. The summed E-state index contributed by atoms with van der Waals surface area (Å²) in [6, 6.07) is 9.79. The van der Waals surface area contributed by atoms with E-state index in [1.165, 1.54) is 45.2 Å². The van der Waals surface area contributed by atoms with Gasteiger partial charge in [0, 0.05) is 54.5 Å². The molecule has 13 heteroatoms. The summed E-state index contributed by atoms with van der Waals surface area (Å²) < 4.78 is 15.7. The van der Waals surface area contributed by atoms with Gasteiger partial charge in [0.05, 0.1) is 46.4 Å². The van der Waals surface area contributed by atoms with E-state index >= 15 is 0 Å². The molecule has 4 aliphatic carbocycles. The van der Waals surface area contributed by atoms with Crippen LogP contribution in [0.3, 0.4) is 0 Å². The molecule has 1 aromatic carbocycles. The van der Waals surface area contributed by atoms with Crippen LogP contribution in [0.25, 0.3) is 21.3 Å². The number of aromatic carboxylic acids is 1. The lowest BCUT2D eigenvalue weighted by atomic mass is 9.39. The molecule has 0 radical (unpaired) electrons. The number of benzene rings is 1. The first-order valence-electron chi connectivity index (χ1n) is 21.5. The molecule has 5 fully saturated rings. The fourth-order valence-corrected chi connectivity index (χ4v) is 14.0. The molecule has 2 atom stereocenters. The number of pyridine rings is 1. The van der Waals surface area contributed by atoms with Crippen LogP contribution in [0, 0.1) is 30.1 Å². The number of likely N-dealkylation sites (tertiary alicyclic amines) is 1. The van der Waals surface area contributed by atoms with Gasteiger partial charge in [-0.3, -0.25) is 4.68 Å². The summed E-state index contributed by atoms with van der Waals surface area (Å²) in [5.41, 5.74) is 6.92. The molecule has 4 bridgehead atoms. The molecule has 2 aliphatic heterocycles. The lowest BCUT2D eigenvalue weighted by molar-refractivity contribution is -0.248. The second-order valence-corrected chi connectivity index (χ2v) is 20.5. The van der Waals surface area contributed by atoms with E-state index in [-0.39, 0.29) is 27.5 Å². The van der Waals surface area contributed by atoms with Crippen molar-refractivity contribution in [1.82, 2.24) is 34.8 Å². The van der Waals surface area contributed by atoms with Gasteiger partial charge in [-0.1, -0.05) is 13.8 Å². The first-order chi connectivity index (χ1) is 28.3. The van der Waals surface area contributed by atoms with Gasteiger partial charge in [-0.05, 0) is 137 Å². The molecule has 6 aliphatic rings. The van der Waals surface area contributed by atoms with E-state index in [0.717, 1.165) is 107 Å². The van der Waals surface area contributed by atoms with Crippen molar-refractivity contribution in [3.8, 4) is 16.9 Å². The van der Waals surface area contributed by atoms with E-state index in [4.69, 9.17) is 34.7 Å². The van der Waals surface area contributed by atoms with Crippen molar-refractivity contribution in [3.63, 3.8) is 0 Å². The van der Waals surface area contributed by atoms with Crippen LogP contribution >= 0.6 is 11.3 Å². The summed E-state index contributed by atoms with van der Waals surface area (Å²) in [6.45, 7) is 14.9. The van der Waals surface area contributed by atoms with Crippen molar-refractivity contribution in [2.75, 3.05) is 44.8 Å². The van der Waals surface area contributed by atoms with Crippen molar-refractivity contribution in [3.05, 3.63) is 69.7 Å². The highest BCUT2D eigenvalue weighted by Crippen LogP contribution is 2.72. The smallest absolute Gasteiger partial charge is 0.355 e. The topological polar surface area (TPSA) is 132 Å². The molecule has 4 saturated carbocycles. The summed E-state index contributed by atoms with van der Waals surface area (Å²) in [6.07, 6.45) is 13.8. The van der Waals surface area contributed by atoms with E-state index in [9.17, 15) is 9.90 Å². The minimum atomic E-state index is -1.06. The zero-order chi connectivity index (χ0) is 40.7. The number of carboxylic acid groups (broad SMARTS) is 1. The summed E-state index contributed by atoms with van der Waals surface area (Å²) >= 11 is 1.66. The number of ether oxygens (including phenoxy) is 2. The number of thiazole rings is 1. The number of nitrogens with zero attached hydrogens (tertiary/aromatic N) is 8. The molecule has 0 spiro atoms. The fourth-order valence-electron chi connectivity index (χ4n) is 13.0. The maximum atomic E-state index is 13.0. The molecule has 1 saturated heterocycles. The molecule has 0 amide bonds. The van der Waals surface area contributed by atoms with Crippen LogP contribution in [0.5, 0.6) is 5.75 Å². The van der Waals surface area contributed by atoms with Gasteiger partial charge in [-0.15, -0.1) is 16.4 Å². The molecule has 4 aromatic heterocycles. The zero-order valence-electron chi connectivity index (χ0n) is 35.1. The van der Waals surface area contributed by atoms with Crippen molar-refractivity contribution >= 4 is 39.2 Å². The predicted molar refractivity (Wildman–Crippen MR) is 229 cm³/mol. The normalized spacial score (nSPS) is 27.5. The van der Waals surface area contributed by atoms with E-state index in [1.807, 2.05) is 41.4 Å². The van der Waals surface area contributed by atoms with Gasteiger partial charge in [-0.2, -0.15) is 10.2 Å². The van der Waals surface area contributed by atoms with Crippen molar-refractivity contribution in [1.29, 1.82) is 0 Å². The average molecular weight is 817 g/mol. The van der Waals surface area contributed by atoms with Crippen molar-refractivity contribution in [2.24, 2.45) is 16.2 Å². The van der Waals surface area contributed by atoms with Gasteiger partial charge in [0.2, 0.25) is 0 Å². The quantitative estimate of drug-likeness (QED) is 0.130. The highest BCUT2D eigenvalue weighted by Gasteiger charge is 2.66. The Morgan fingerprint density at radius 2 is 1.71 bits per heavy atom. The molecule has 59 heavy (non-hydrogen) atoms. The average Bonchev–Trinajstić information content (AvgIpc) is 3.94. The molecule has 12 nitrogen and oxygen atoms in total. The van der Waals surface area contributed by atoms with Gasteiger partial charge in [-0.25, -0.2) is 14.8 Å². The van der Waals surface area contributed by atoms with Crippen molar-refractivity contribution in [2.45, 2.75) is 110 Å². The van der Waals surface area contributed by atoms with E-state index in [1.54, 1.807) is 18.4 Å². The predicted octanol–water partition coefficient (Wildman–Crippen LogP) is 8.58. The Balaban J connectivity index is 0.899. The molecule has 310 valence electrons. The molecule has 5 aromatic rings. The number of rotatable bonds is 12. The Kier molecular flexibility index (Phi) is 9.41. The lowest BCUT2D eigenvalue weighted by Crippen LogP contribution is -2.64. The Bertz CT molecular complexity index is 2440. The first kappa shape index (κ1) is 38.7. The summed E-state index contributed by atoms with van der Waals surface area (Å²) in [7, 11) is 1.66. The Hall–Kier alpha value is -4.46. The van der Waals surface area contributed by atoms with Crippen LogP contribution in [0.1, 0.15) is 110 Å². The standard InChI is InChI=1S/C46H56N8O4S/c1-29-32-9-8-16-53(41(32)51-50-35(29)20-39-48-36-19-31(57-5)10-12-37(36)59-39)38-13-11-33(40(49-38)42(55)56)34-21-47-54(30(34)2)28-45-23-43(3)22-44(4,24-45)26-46(25-43,27-45)58-18-17-52-14-6-7-15-52/h10-13,19,21H,6-9,14-18,20,22-28H2,1-5H3,(H,55,56). The minimum Gasteiger partial charge on any atom is -0.497 e. The van der Waals surface area contributed by atoms with Gasteiger partial charge < -0.3 is 24.4 Å². The molecular weight excluding hydrogens is 761 g/mol. The highest BCUT2D eigenvalue weighted by atomic mass is 32.1. The van der Waals surface area contributed by atoms with Gasteiger partial charge in [0.25, 0.3) is 0 Å². The molecule has 11 rings (SSSR count). The van der Waals surface area contributed by atoms with Crippen LogP contribution in [0.2, 0.25) is 0 Å². The maximum absolute atomic E-state index is 13.0. The lowest BCUT2D eigenvalue weighted by Gasteiger charge is -2.69. The van der Waals surface area contributed by atoms with Crippen LogP contribution in [-0.2, 0) is 24.1 Å². The van der Waals surface area contributed by atoms with E-state index in [0.29, 0.717) is 24.3 Å². The maximum Gasteiger partial charge on any atom is 0.355 e. The fraction of sp³-hybridized carbons (Fsp3) is 0.565. The summed E-state index contributed by atoms with van der Waals surface area (Å²) in [5.74, 6) is 1.02. The molecular formula is C46H56N8O4S. The van der Waals surface area contributed by atoms with Crippen molar-refractivity contribution < 1.29 is 19.4 Å². The van der Waals surface area contributed by atoms with Gasteiger partial charge in [0.15, 0.2) is 11.5 Å². The Labute approximate surface area is 350 Å². The second-order valence-electron chi connectivity index (χ2n) is 19.4. The van der Waals surface area contributed by atoms with E-state index < -0.39 is 5.97 Å². The molecule has 6 heterocycles. The molecule has 1 N–H and O–H groups in total. The number of hydrogen-bond donors (Lipinski definition) is 1. The number of carboxylic acids is 1. The van der Waals surface area contributed by atoms with Crippen LogP contribution in [0.15, 0.2) is 36.5 Å². The number of methoxy groups -OCH3 is 1. The Morgan fingerprint density at radius 3 is 2.47 bits per heavy atom. The first-order valence-corrected chi connectivity index (χ1v) is 22.4. The molecule has 2 unspecified atom stereocenters. The Morgan fingerprint density at radius 1 is 0.915 bits per heavy atom.